The number of nitrogens with one attached hydrogen (secondary N) is 1. The van der Waals surface area contributed by atoms with Crippen molar-refractivity contribution in [2.45, 2.75) is 40.0 Å². The molecule has 2 rings (SSSR count). The highest BCUT2D eigenvalue weighted by Crippen LogP contribution is 2.37. The van der Waals surface area contributed by atoms with Crippen LogP contribution in [0.1, 0.15) is 31.9 Å². The molecule has 0 bridgehead atoms. The molecule has 5 heteroatoms. The zero-order chi connectivity index (χ0) is 17.5. The first-order valence-electron chi connectivity index (χ1n) is 8.05. The zero-order valence-corrected chi connectivity index (χ0v) is 15.8. The largest absolute Gasteiger partial charge is 0.490 e. The van der Waals surface area contributed by atoms with Gasteiger partial charge in [-0.2, -0.15) is 0 Å². The highest BCUT2D eigenvalue weighted by atomic mass is 79.9. The number of rotatable bonds is 8. The molecule has 0 fully saturated rings. The molecule has 0 aliphatic rings. The molecule has 2 aromatic rings. The van der Waals surface area contributed by atoms with E-state index in [-0.39, 0.29) is 5.82 Å². The van der Waals surface area contributed by atoms with Gasteiger partial charge in [-0.05, 0) is 58.2 Å². The minimum Gasteiger partial charge on any atom is -0.490 e. The van der Waals surface area contributed by atoms with E-state index in [9.17, 15) is 4.39 Å². The van der Waals surface area contributed by atoms with Crippen LogP contribution >= 0.6 is 15.9 Å². The van der Waals surface area contributed by atoms with Crippen molar-refractivity contribution in [2.75, 3.05) is 6.61 Å². The molecule has 0 aliphatic heterocycles. The van der Waals surface area contributed by atoms with E-state index in [1.165, 1.54) is 12.1 Å². The van der Waals surface area contributed by atoms with Crippen LogP contribution in [-0.2, 0) is 13.2 Å². The molecule has 0 aliphatic carbocycles. The lowest BCUT2D eigenvalue weighted by molar-refractivity contribution is 0.267. The van der Waals surface area contributed by atoms with Gasteiger partial charge in [-0.3, -0.25) is 0 Å². The zero-order valence-electron chi connectivity index (χ0n) is 14.2. The van der Waals surface area contributed by atoms with Gasteiger partial charge in [0.1, 0.15) is 12.4 Å². The van der Waals surface area contributed by atoms with Gasteiger partial charge in [-0.25, -0.2) is 4.39 Å². The second kappa shape index (κ2) is 9.04. The Balaban J connectivity index is 2.16. The highest BCUT2D eigenvalue weighted by Gasteiger charge is 2.13. The van der Waals surface area contributed by atoms with Crippen LogP contribution < -0.4 is 14.8 Å². The third-order valence-corrected chi connectivity index (χ3v) is 3.97. The lowest BCUT2D eigenvalue weighted by Gasteiger charge is -2.16. The van der Waals surface area contributed by atoms with Gasteiger partial charge < -0.3 is 14.8 Å². The first-order chi connectivity index (χ1) is 11.5. The molecule has 0 spiro atoms. The van der Waals surface area contributed by atoms with Crippen LogP contribution in [0.5, 0.6) is 11.5 Å². The minimum atomic E-state index is -0.253. The Morgan fingerprint density at radius 1 is 1.08 bits per heavy atom. The standard InChI is InChI=1S/C19H23BrFNO2/c1-4-23-18-10-15(11-22-13(2)3)9-17(20)19(18)24-12-14-5-7-16(21)8-6-14/h5-10,13,22H,4,11-12H2,1-3H3. The summed E-state index contributed by atoms with van der Waals surface area (Å²) >= 11 is 3.57. The quantitative estimate of drug-likeness (QED) is 0.676. The molecule has 0 radical (unpaired) electrons. The molecule has 24 heavy (non-hydrogen) atoms. The number of hydrogen-bond donors (Lipinski definition) is 1. The number of ether oxygens (including phenoxy) is 2. The summed E-state index contributed by atoms with van der Waals surface area (Å²) in [6.45, 7) is 7.82. The van der Waals surface area contributed by atoms with Crippen LogP contribution in [-0.4, -0.2) is 12.6 Å². The Kier molecular flexibility index (Phi) is 7.06. The SMILES string of the molecule is CCOc1cc(CNC(C)C)cc(Br)c1OCc1ccc(F)cc1. The number of hydrogen-bond acceptors (Lipinski definition) is 3. The first kappa shape index (κ1) is 18.7. The second-order valence-corrected chi connectivity index (χ2v) is 6.64. The van der Waals surface area contributed by atoms with Gasteiger partial charge in [0.2, 0.25) is 0 Å². The molecule has 2 aromatic carbocycles. The van der Waals surface area contributed by atoms with Crippen LogP contribution in [0.15, 0.2) is 40.9 Å². The van der Waals surface area contributed by atoms with Gasteiger partial charge in [-0.15, -0.1) is 0 Å². The maximum absolute atomic E-state index is 13.0. The van der Waals surface area contributed by atoms with Gasteiger partial charge >= 0.3 is 0 Å². The molecule has 0 heterocycles. The molecular formula is C19H23BrFNO2. The third-order valence-electron chi connectivity index (χ3n) is 3.38. The Labute approximate surface area is 151 Å². The fourth-order valence-electron chi connectivity index (χ4n) is 2.18. The normalized spacial score (nSPS) is 10.9. The first-order valence-corrected chi connectivity index (χ1v) is 8.84. The van der Waals surface area contributed by atoms with Crippen molar-refractivity contribution in [3.05, 3.63) is 57.8 Å². The summed E-state index contributed by atoms with van der Waals surface area (Å²) in [6.07, 6.45) is 0. The van der Waals surface area contributed by atoms with Crippen molar-refractivity contribution >= 4 is 15.9 Å². The van der Waals surface area contributed by atoms with E-state index in [1.54, 1.807) is 12.1 Å². The van der Waals surface area contributed by atoms with Crippen LogP contribution in [0.4, 0.5) is 4.39 Å². The van der Waals surface area contributed by atoms with E-state index in [1.807, 2.05) is 19.1 Å². The van der Waals surface area contributed by atoms with Crippen molar-refractivity contribution in [2.24, 2.45) is 0 Å². The summed E-state index contributed by atoms with van der Waals surface area (Å²) in [6, 6.07) is 10.7. The number of benzene rings is 2. The Morgan fingerprint density at radius 3 is 2.42 bits per heavy atom. The Morgan fingerprint density at radius 2 is 1.79 bits per heavy atom. The number of halogens is 2. The van der Waals surface area contributed by atoms with Gasteiger partial charge in [0.25, 0.3) is 0 Å². The van der Waals surface area contributed by atoms with Crippen molar-refractivity contribution in [3.63, 3.8) is 0 Å². The van der Waals surface area contributed by atoms with E-state index >= 15 is 0 Å². The van der Waals surface area contributed by atoms with Gasteiger partial charge in [0, 0.05) is 12.6 Å². The summed E-state index contributed by atoms with van der Waals surface area (Å²) in [5.41, 5.74) is 2.02. The van der Waals surface area contributed by atoms with E-state index < -0.39 is 0 Å². The van der Waals surface area contributed by atoms with Gasteiger partial charge in [0.15, 0.2) is 11.5 Å². The summed E-state index contributed by atoms with van der Waals surface area (Å²) in [4.78, 5) is 0. The predicted molar refractivity (Wildman–Crippen MR) is 98.0 cm³/mol. The molecule has 3 nitrogen and oxygen atoms in total. The van der Waals surface area contributed by atoms with Gasteiger partial charge in [0.05, 0.1) is 11.1 Å². The minimum absolute atomic E-state index is 0.253. The Bertz CT molecular complexity index is 659. The predicted octanol–water partition coefficient (Wildman–Crippen LogP) is 5.06. The molecule has 0 saturated heterocycles. The van der Waals surface area contributed by atoms with E-state index in [0.717, 1.165) is 22.1 Å². The van der Waals surface area contributed by atoms with E-state index in [2.05, 4.69) is 35.1 Å². The van der Waals surface area contributed by atoms with Crippen molar-refractivity contribution < 1.29 is 13.9 Å². The van der Waals surface area contributed by atoms with Crippen LogP contribution in [0.2, 0.25) is 0 Å². The lowest BCUT2D eigenvalue weighted by atomic mass is 10.2. The molecule has 0 amide bonds. The summed E-state index contributed by atoms with van der Waals surface area (Å²) in [5.74, 6) is 1.11. The second-order valence-electron chi connectivity index (χ2n) is 5.79. The maximum atomic E-state index is 13.0. The summed E-state index contributed by atoms with van der Waals surface area (Å²) in [5, 5.41) is 3.39. The summed E-state index contributed by atoms with van der Waals surface area (Å²) < 4.78 is 25.5. The fraction of sp³-hybridized carbons (Fsp3) is 0.368. The third kappa shape index (κ3) is 5.49. The molecular weight excluding hydrogens is 373 g/mol. The maximum Gasteiger partial charge on any atom is 0.175 e. The molecule has 0 unspecified atom stereocenters. The monoisotopic (exact) mass is 395 g/mol. The van der Waals surface area contributed by atoms with Crippen LogP contribution in [0.25, 0.3) is 0 Å². The van der Waals surface area contributed by atoms with Crippen molar-refractivity contribution in [1.29, 1.82) is 0 Å². The van der Waals surface area contributed by atoms with Crippen LogP contribution in [0, 0.1) is 5.82 Å². The van der Waals surface area contributed by atoms with E-state index in [0.29, 0.717) is 30.8 Å². The molecule has 0 saturated carbocycles. The average molecular weight is 396 g/mol. The Hall–Kier alpha value is -1.59. The smallest absolute Gasteiger partial charge is 0.175 e. The molecule has 130 valence electrons. The van der Waals surface area contributed by atoms with Crippen molar-refractivity contribution in [3.8, 4) is 11.5 Å². The average Bonchev–Trinajstić information content (AvgIpc) is 2.54. The lowest BCUT2D eigenvalue weighted by Crippen LogP contribution is -2.21. The fourth-order valence-corrected chi connectivity index (χ4v) is 2.79. The van der Waals surface area contributed by atoms with E-state index in [4.69, 9.17) is 9.47 Å². The highest BCUT2D eigenvalue weighted by molar-refractivity contribution is 9.10. The summed E-state index contributed by atoms with van der Waals surface area (Å²) in [7, 11) is 0. The van der Waals surface area contributed by atoms with Crippen LogP contribution in [0.3, 0.4) is 0 Å². The molecule has 0 atom stereocenters. The molecule has 0 aromatic heterocycles. The topological polar surface area (TPSA) is 30.5 Å². The van der Waals surface area contributed by atoms with Gasteiger partial charge in [-0.1, -0.05) is 26.0 Å². The molecule has 1 N–H and O–H groups in total. The van der Waals surface area contributed by atoms with Crippen molar-refractivity contribution in [1.82, 2.24) is 5.32 Å².